The van der Waals surface area contributed by atoms with Gasteiger partial charge in [0.1, 0.15) is 10.6 Å². The van der Waals surface area contributed by atoms with Gasteiger partial charge in [-0.1, -0.05) is 10.4 Å². The molecule has 1 aliphatic carbocycles. The Kier molecular flexibility index (Phi) is 3.31. The molecule has 8 nitrogen and oxygen atoms in total. The first-order valence-corrected chi connectivity index (χ1v) is 9.25. The molecule has 1 saturated heterocycles. The van der Waals surface area contributed by atoms with Crippen molar-refractivity contribution in [1.82, 2.24) is 24.5 Å². The molecule has 1 unspecified atom stereocenters. The molecule has 2 fully saturated rings. The van der Waals surface area contributed by atoms with Gasteiger partial charge in [0.2, 0.25) is 10.0 Å². The molecule has 0 spiro atoms. The molecule has 0 bridgehead atoms. The summed E-state index contributed by atoms with van der Waals surface area (Å²) in [6.45, 7) is 4.14. The van der Waals surface area contributed by atoms with E-state index < -0.39 is 10.0 Å². The third-order valence-electron chi connectivity index (χ3n) is 4.59. The molecule has 23 heavy (non-hydrogen) atoms. The van der Waals surface area contributed by atoms with E-state index in [1.54, 1.807) is 13.8 Å². The topological polar surface area (TPSA) is 94.1 Å². The van der Waals surface area contributed by atoms with E-state index in [0.717, 1.165) is 12.1 Å². The molecule has 2 aromatic rings. The zero-order valence-electron chi connectivity index (χ0n) is 13.1. The van der Waals surface area contributed by atoms with Crippen LogP contribution in [0.2, 0.25) is 0 Å². The lowest BCUT2D eigenvalue weighted by Crippen LogP contribution is -2.30. The van der Waals surface area contributed by atoms with Crippen LogP contribution in [0.1, 0.15) is 48.4 Å². The summed E-state index contributed by atoms with van der Waals surface area (Å²) < 4.78 is 33.9. The molecule has 1 aliphatic heterocycles. The van der Waals surface area contributed by atoms with Gasteiger partial charge in [0.15, 0.2) is 5.76 Å². The SMILES string of the molecule is Cc1noc(C)c1S(=O)(=O)N1CCC(n2cc(C3CC3)nn2)C1. The van der Waals surface area contributed by atoms with Crippen LogP contribution in [-0.2, 0) is 10.0 Å². The van der Waals surface area contributed by atoms with Crippen molar-refractivity contribution in [3.05, 3.63) is 23.3 Å². The maximum absolute atomic E-state index is 12.8. The average Bonchev–Trinajstić information content (AvgIpc) is 2.92. The standard InChI is InChI=1S/C14H19N5O3S/c1-9-14(10(2)22-16-9)23(20,21)18-6-5-12(7-18)19-8-13(15-17-19)11-3-4-11/h8,11-12H,3-7H2,1-2H3. The number of hydrogen-bond donors (Lipinski definition) is 0. The first-order chi connectivity index (χ1) is 11.0. The van der Waals surface area contributed by atoms with E-state index in [1.165, 1.54) is 17.1 Å². The molecule has 0 aromatic carbocycles. The molecule has 9 heteroatoms. The Hall–Kier alpha value is -1.74. The van der Waals surface area contributed by atoms with Crippen LogP contribution in [0.5, 0.6) is 0 Å². The second-order valence-electron chi connectivity index (χ2n) is 6.36. The van der Waals surface area contributed by atoms with Crippen LogP contribution in [-0.4, -0.2) is 46.0 Å². The highest BCUT2D eigenvalue weighted by Gasteiger charge is 2.37. The zero-order valence-corrected chi connectivity index (χ0v) is 14.0. The second-order valence-corrected chi connectivity index (χ2v) is 8.23. The molecule has 0 amide bonds. The van der Waals surface area contributed by atoms with Gasteiger partial charge in [-0.2, -0.15) is 4.31 Å². The quantitative estimate of drug-likeness (QED) is 0.837. The summed E-state index contributed by atoms with van der Waals surface area (Å²) >= 11 is 0. The first kappa shape index (κ1) is 14.8. The largest absolute Gasteiger partial charge is 0.360 e. The van der Waals surface area contributed by atoms with Crippen molar-refractivity contribution in [3.8, 4) is 0 Å². The minimum absolute atomic E-state index is 0.0326. The number of hydrogen-bond acceptors (Lipinski definition) is 6. The minimum Gasteiger partial charge on any atom is -0.360 e. The van der Waals surface area contributed by atoms with Gasteiger partial charge in [0, 0.05) is 25.2 Å². The van der Waals surface area contributed by atoms with E-state index in [2.05, 4.69) is 15.5 Å². The fourth-order valence-electron chi connectivity index (χ4n) is 3.15. The number of aryl methyl sites for hydroxylation is 2. The van der Waals surface area contributed by atoms with Gasteiger partial charge in [-0.15, -0.1) is 5.10 Å². The predicted octanol–water partition coefficient (Wildman–Crippen LogP) is 1.40. The van der Waals surface area contributed by atoms with Crippen LogP contribution in [0.15, 0.2) is 15.6 Å². The smallest absolute Gasteiger partial charge is 0.248 e. The molecule has 1 atom stereocenters. The van der Waals surface area contributed by atoms with E-state index in [9.17, 15) is 8.42 Å². The van der Waals surface area contributed by atoms with E-state index in [1.807, 2.05) is 10.9 Å². The summed E-state index contributed by atoms with van der Waals surface area (Å²) in [5, 5.41) is 12.1. The molecule has 2 aliphatic rings. The Morgan fingerprint density at radius 2 is 2.04 bits per heavy atom. The monoisotopic (exact) mass is 337 g/mol. The van der Waals surface area contributed by atoms with Crippen LogP contribution in [0, 0.1) is 13.8 Å². The molecule has 1 saturated carbocycles. The number of rotatable bonds is 4. The van der Waals surface area contributed by atoms with Gasteiger partial charge in [-0.05, 0) is 33.1 Å². The van der Waals surface area contributed by atoms with Gasteiger partial charge in [-0.25, -0.2) is 13.1 Å². The van der Waals surface area contributed by atoms with Gasteiger partial charge < -0.3 is 4.52 Å². The lowest BCUT2D eigenvalue weighted by atomic mass is 10.2. The molecule has 0 N–H and O–H groups in total. The van der Waals surface area contributed by atoms with Gasteiger partial charge >= 0.3 is 0 Å². The molecule has 2 aromatic heterocycles. The van der Waals surface area contributed by atoms with Crippen molar-refractivity contribution in [3.63, 3.8) is 0 Å². The second kappa shape index (κ2) is 5.13. The minimum atomic E-state index is -3.58. The van der Waals surface area contributed by atoms with Crippen LogP contribution in [0.4, 0.5) is 0 Å². The molecular formula is C14H19N5O3S. The Balaban J connectivity index is 1.55. The lowest BCUT2D eigenvalue weighted by Gasteiger charge is -2.16. The lowest BCUT2D eigenvalue weighted by molar-refractivity contribution is 0.389. The van der Waals surface area contributed by atoms with E-state index in [-0.39, 0.29) is 10.9 Å². The molecule has 124 valence electrons. The highest BCUT2D eigenvalue weighted by molar-refractivity contribution is 7.89. The summed E-state index contributed by atoms with van der Waals surface area (Å²) in [5.41, 5.74) is 1.43. The Bertz CT molecular complexity index is 817. The number of sulfonamides is 1. The van der Waals surface area contributed by atoms with E-state index >= 15 is 0 Å². The van der Waals surface area contributed by atoms with Gasteiger partial charge in [0.05, 0.1) is 11.7 Å². The Morgan fingerprint density at radius 3 is 2.70 bits per heavy atom. The van der Waals surface area contributed by atoms with Gasteiger partial charge in [0.25, 0.3) is 0 Å². The number of nitrogens with zero attached hydrogens (tertiary/aromatic N) is 5. The Labute approximate surface area is 134 Å². The third kappa shape index (κ3) is 2.47. The van der Waals surface area contributed by atoms with E-state index in [4.69, 9.17) is 4.52 Å². The van der Waals surface area contributed by atoms with E-state index in [0.29, 0.717) is 30.5 Å². The summed E-state index contributed by atoms with van der Waals surface area (Å²) in [5.74, 6) is 0.884. The van der Waals surface area contributed by atoms with Crippen LogP contribution in [0.25, 0.3) is 0 Å². The summed E-state index contributed by atoms with van der Waals surface area (Å²) in [6.07, 6.45) is 5.05. The highest BCUT2D eigenvalue weighted by atomic mass is 32.2. The number of aromatic nitrogens is 4. The molecular weight excluding hydrogens is 318 g/mol. The fraction of sp³-hybridized carbons (Fsp3) is 0.643. The van der Waals surface area contributed by atoms with Crippen molar-refractivity contribution in [2.24, 2.45) is 0 Å². The maximum atomic E-state index is 12.8. The molecule has 3 heterocycles. The van der Waals surface area contributed by atoms with Crippen LogP contribution >= 0.6 is 0 Å². The fourth-order valence-corrected chi connectivity index (χ4v) is 4.94. The maximum Gasteiger partial charge on any atom is 0.248 e. The van der Waals surface area contributed by atoms with Crippen molar-refractivity contribution >= 4 is 10.0 Å². The van der Waals surface area contributed by atoms with Crippen molar-refractivity contribution in [2.75, 3.05) is 13.1 Å². The summed E-state index contributed by atoms with van der Waals surface area (Å²) in [6, 6.07) is 0.0326. The van der Waals surface area contributed by atoms with Crippen molar-refractivity contribution in [1.29, 1.82) is 0 Å². The summed E-state index contributed by atoms with van der Waals surface area (Å²) in [4.78, 5) is 0.190. The van der Waals surface area contributed by atoms with Crippen molar-refractivity contribution in [2.45, 2.75) is 50.0 Å². The average molecular weight is 337 g/mol. The van der Waals surface area contributed by atoms with Crippen LogP contribution < -0.4 is 0 Å². The molecule has 0 radical (unpaired) electrons. The first-order valence-electron chi connectivity index (χ1n) is 7.81. The third-order valence-corrected chi connectivity index (χ3v) is 6.70. The normalized spacial score (nSPS) is 22.8. The highest BCUT2D eigenvalue weighted by Crippen LogP contribution is 2.39. The zero-order chi connectivity index (χ0) is 16.2. The van der Waals surface area contributed by atoms with Crippen LogP contribution in [0.3, 0.4) is 0 Å². The van der Waals surface area contributed by atoms with Crippen molar-refractivity contribution < 1.29 is 12.9 Å². The summed E-state index contributed by atoms with van der Waals surface area (Å²) in [7, 11) is -3.58. The predicted molar refractivity (Wildman–Crippen MR) is 80.4 cm³/mol. The molecule has 4 rings (SSSR count). The Morgan fingerprint density at radius 1 is 1.26 bits per heavy atom. The van der Waals surface area contributed by atoms with Gasteiger partial charge in [-0.3, -0.25) is 0 Å².